The van der Waals surface area contributed by atoms with Gasteiger partial charge in [0.25, 0.3) is 0 Å². The van der Waals surface area contributed by atoms with E-state index in [4.69, 9.17) is 17.3 Å². The Morgan fingerprint density at radius 3 is 2.68 bits per heavy atom. The SMILES string of the molecule is CCC1CCCCC1S(=O)(=O)c1cc(N)ccc1Cl. The minimum absolute atomic E-state index is 0.194. The molecule has 0 saturated heterocycles. The Kier molecular flexibility index (Phi) is 4.41. The van der Waals surface area contributed by atoms with Crippen LogP contribution in [0.5, 0.6) is 0 Å². The van der Waals surface area contributed by atoms with Gasteiger partial charge in [-0.05, 0) is 37.0 Å². The van der Waals surface area contributed by atoms with E-state index in [9.17, 15) is 8.42 Å². The Morgan fingerprint density at radius 1 is 1.32 bits per heavy atom. The lowest BCUT2D eigenvalue weighted by molar-refractivity contribution is 0.348. The van der Waals surface area contributed by atoms with Crippen molar-refractivity contribution in [3.05, 3.63) is 23.2 Å². The van der Waals surface area contributed by atoms with E-state index in [1.807, 2.05) is 0 Å². The Morgan fingerprint density at radius 2 is 2.00 bits per heavy atom. The number of halogens is 1. The van der Waals surface area contributed by atoms with Gasteiger partial charge in [0.05, 0.1) is 15.2 Å². The van der Waals surface area contributed by atoms with Crippen molar-refractivity contribution < 1.29 is 8.42 Å². The maximum absolute atomic E-state index is 12.8. The molecule has 0 heterocycles. The van der Waals surface area contributed by atoms with E-state index < -0.39 is 9.84 Å². The van der Waals surface area contributed by atoms with Crippen molar-refractivity contribution in [1.29, 1.82) is 0 Å². The second-order valence-corrected chi connectivity index (χ2v) is 7.77. The molecule has 1 aliphatic carbocycles. The van der Waals surface area contributed by atoms with Gasteiger partial charge < -0.3 is 5.73 Å². The predicted molar refractivity (Wildman–Crippen MR) is 79.1 cm³/mol. The highest BCUT2D eigenvalue weighted by Crippen LogP contribution is 2.37. The van der Waals surface area contributed by atoms with Gasteiger partial charge in [0.1, 0.15) is 0 Å². The number of nitrogens with two attached hydrogens (primary N) is 1. The van der Waals surface area contributed by atoms with Crippen LogP contribution in [-0.4, -0.2) is 13.7 Å². The molecule has 2 unspecified atom stereocenters. The van der Waals surface area contributed by atoms with Gasteiger partial charge >= 0.3 is 0 Å². The first-order chi connectivity index (χ1) is 8.96. The van der Waals surface area contributed by atoms with Crippen molar-refractivity contribution >= 4 is 27.1 Å². The number of hydrogen-bond donors (Lipinski definition) is 1. The molecule has 0 amide bonds. The highest BCUT2D eigenvalue weighted by atomic mass is 35.5. The van der Waals surface area contributed by atoms with Gasteiger partial charge in [-0.25, -0.2) is 8.42 Å². The highest BCUT2D eigenvalue weighted by molar-refractivity contribution is 7.92. The molecule has 1 saturated carbocycles. The molecule has 5 heteroatoms. The first kappa shape index (κ1) is 14.7. The number of hydrogen-bond acceptors (Lipinski definition) is 3. The van der Waals surface area contributed by atoms with Crippen LogP contribution in [0.2, 0.25) is 5.02 Å². The molecular formula is C14H20ClNO2S. The summed E-state index contributed by atoms with van der Waals surface area (Å²) in [5.41, 5.74) is 6.13. The van der Waals surface area contributed by atoms with Gasteiger partial charge in [0.2, 0.25) is 0 Å². The summed E-state index contributed by atoms with van der Waals surface area (Å²) in [4.78, 5) is 0.194. The van der Waals surface area contributed by atoms with Crippen molar-refractivity contribution in [3.8, 4) is 0 Å². The summed E-state index contributed by atoms with van der Waals surface area (Å²) in [6.07, 6.45) is 4.70. The van der Waals surface area contributed by atoms with Gasteiger partial charge in [-0.2, -0.15) is 0 Å². The molecule has 2 rings (SSSR count). The molecule has 1 aromatic rings. The molecule has 0 bridgehead atoms. The largest absolute Gasteiger partial charge is 0.399 e. The van der Waals surface area contributed by atoms with Crippen LogP contribution in [0.25, 0.3) is 0 Å². The Bertz CT molecular complexity index is 557. The first-order valence-electron chi connectivity index (χ1n) is 6.75. The van der Waals surface area contributed by atoms with Gasteiger partial charge in [-0.1, -0.05) is 37.8 Å². The Hall–Kier alpha value is -0.740. The van der Waals surface area contributed by atoms with Gasteiger partial charge in [0, 0.05) is 5.69 Å². The predicted octanol–water partition coefficient (Wildman–Crippen LogP) is 3.66. The summed E-state index contributed by atoms with van der Waals surface area (Å²) >= 11 is 6.06. The van der Waals surface area contributed by atoms with E-state index >= 15 is 0 Å². The van der Waals surface area contributed by atoms with E-state index in [1.54, 1.807) is 12.1 Å². The Labute approximate surface area is 120 Å². The number of anilines is 1. The van der Waals surface area contributed by atoms with Crippen LogP contribution in [0.3, 0.4) is 0 Å². The smallest absolute Gasteiger partial charge is 0.183 e. The molecule has 0 radical (unpaired) electrons. The maximum atomic E-state index is 12.8. The molecule has 3 nitrogen and oxygen atoms in total. The average Bonchev–Trinajstić information content (AvgIpc) is 2.41. The molecule has 1 fully saturated rings. The molecule has 0 aliphatic heterocycles. The lowest BCUT2D eigenvalue weighted by atomic mass is 9.87. The van der Waals surface area contributed by atoms with Crippen molar-refractivity contribution in [3.63, 3.8) is 0 Å². The molecule has 1 aliphatic rings. The average molecular weight is 302 g/mol. The second-order valence-electron chi connectivity index (χ2n) is 5.23. The van der Waals surface area contributed by atoms with Crippen LogP contribution in [-0.2, 0) is 9.84 Å². The van der Waals surface area contributed by atoms with E-state index in [1.165, 1.54) is 6.07 Å². The molecular weight excluding hydrogens is 282 g/mol. The van der Waals surface area contributed by atoms with E-state index in [0.717, 1.165) is 32.1 Å². The molecule has 2 atom stereocenters. The number of rotatable bonds is 3. The zero-order valence-electron chi connectivity index (χ0n) is 11.1. The molecule has 0 aromatic heterocycles. The van der Waals surface area contributed by atoms with Crippen molar-refractivity contribution in [2.45, 2.75) is 49.2 Å². The van der Waals surface area contributed by atoms with Gasteiger partial charge in [0.15, 0.2) is 9.84 Å². The fourth-order valence-electron chi connectivity index (χ4n) is 2.95. The molecule has 0 spiro atoms. The van der Waals surface area contributed by atoms with Crippen LogP contribution in [0.1, 0.15) is 39.0 Å². The standard InChI is InChI=1S/C14H20ClNO2S/c1-2-10-5-3-4-6-13(10)19(17,18)14-9-11(16)7-8-12(14)15/h7-10,13H,2-6,16H2,1H3. The number of sulfone groups is 1. The molecule has 2 N–H and O–H groups in total. The summed E-state index contributed by atoms with van der Waals surface area (Å²) in [5.74, 6) is 0.233. The normalized spacial score (nSPS) is 24.3. The van der Waals surface area contributed by atoms with Crippen LogP contribution < -0.4 is 5.73 Å². The zero-order valence-corrected chi connectivity index (χ0v) is 12.7. The summed E-state index contributed by atoms with van der Waals surface area (Å²) in [7, 11) is -3.39. The van der Waals surface area contributed by atoms with Crippen molar-refractivity contribution in [2.75, 3.05) is 5.73 Å². The lowest BCUT2D eigenvalue weighted by Gasteiger charge is -2.30. The minimum atomic E-state index is -3.39. The maximum Gasteiger partial charge on any atom is 0.183 e. The van der Waals surface area contributed by atoms with Gasteiger partial charge in [-0.15, -0.1) is 0 Å². The summed E-state index contributed by atoms with van der Waals surface area (Å²) in [5, 5.41) is -0.0415. The third-order valence-electron chi connectivity index (χ3n) is 4.02. The monoisotopic (exact) mass is 301 g/mol. The van der Waals surface area contributed by atoms with Gasteiger partial charge in [-0.3, -0.25) is 0 Å². The zero-order chi connectivity index (χ0) is 14.0. The summed E-state index contributed by atoms with van der Waals surface area (Å²) in [6, 6.07) is 4.67. The Balaban J connectivity index is 2.43. The third-order valence-corrected chi connectivity index (χ3v) is 6.83. The summed E-state index contributed by atoms with van der Waals surface area (Å²) in [6.45, 7) is 2.06. The lowest BCUT2D eigenvalue weighted by Crippen LogP contribution is -2.32. The highest BCUT2D eigenvalue weighted by Gasteiger charge is 2.36. The van der Waals surface area contributed by atoms with Crippen molar-refractivity contribution in [2.24, 2.45) is 5.92 Å². The topological polar surface area (TPSA) is 60.2 Å². The van der Waals surface area contributed by atoms with Crippen LogP contribution in [0, 0.1) is 5.92 Å². The number of benzene rings is 1. The fourth-order valence-corrected chi connectivity index (χ4v) is 5.67. The third kappa shape index (κ3) is 2.90. The quantitative estimate of drug-likeness (QED) is 0.867. The minimum Gasteiger partial charge on any atom is -0.399 e. The molecule has 106 valence electrons. The van der Waals surface area contributed by atoms with Crippen molar-refractivity contribution in [1.82, 2.24) is 0 Å². The van der Waals surface area contributed by atoms with E-state index in [0.29, 0.717) is 5.69 Å². The fraction of sp³-hybridized carbons (Fsp3) is 0.571. The first-order valence-corrected chi connectivity index (χ1v) is 8.68. The van der Waals surface area contributed by atoms with Crippen LogP contribution in [0.4, 0.5) is 5.69 Å². The number of nitrogen functional groups attached to an aromatic ring is 1. The second kappa shape index (κ2) is 5.71. The summed E-state index contributed by atoms with van der Waals surface area (Å²) < 4.78 is 25.6. The van der Waals surface area contributed by atoms with Crippen LogP contribution in [0.15, 0.2) is 23.1 Å². The van der Waals surface area contributed by atoms with E-state index in [2.05, 4.69) is 6.92 Å². The molecule has 19 heavy (non-hydrogen) atoms. The molecule has 1 aromatic carbocycles. The van der Waals surface area contributed by atoms with Crippen LogP contribution >= 0.6 is 11.6 Å². The van der Waals surface area contributed by atoms with E-state index in [-0.39, 0.29) is 21.1 Å².